The number of hydrogen-bond acceptors (Lipinski definition) is 3. The summed E-state index contributed by atoms with van der Waals surface area (Å²) in [5.41, 5.74) is 0. The summed E-state index contributed by atoms with van der Waals surface area (Å²) in [6, 6.07) is 5.05. The molecule has 1 aromatic carbocycles. The number of hydrogen-bond donors (Lipinski definition) is 2. The summed E-state index contributed by atoms with van der Waals surface area (Å²) in [5.74, 6) is 0.541. The molecule has 0 aromatic heterocycles. The highest BCUT2D eigenvalue weighted by Crippen LogP contribution is 2.27. The smallest absolute Gasteiger partial charge is 0.138 e. The van der Waals surface area contributed by atoms with Gasteiger partial charge in [-0.05, 0) is 32.0 Å². The lowest BCUT2D eigenvalue weighted by Gasteiger charge is -2.33. The summed E-state index contributed by atoms with van der Waals surface area (Å²) < 4.78 is 11.3. The van der Waals surface area contributed by atoms with Crippen molar-refractivity contribution in [3.8, 4) is 5.75 Å². The van der Waals surface area contributed by atoms with Gasteiger partial charge >= 0.3 is 0 Å². The van der Waals surface area contributed by atoms with E-state index >= 15 is 0 Å². The number of rotatable bonds is 5. The summed E-state index contributed by atoms with van der Waals surface area (Å²) in [6.07, 6.45) is -0.0885. The van der Waals surface area contributed by atoms with Gasteiger partial charge in [0.15, 0.2) is 0 Å². The summed E-state index contributed by atoms with van der Waals surface area (Å²) in [5, 5.41) is 11.1. The van der Waals surface area contributed by atoms with Gasteiger partial charge in [-0.25, -0.2) is 0 Å². The van der Waals surface area contributed by atoms with Crippen LogP contribution in [0.3, 0.4) is 0 Å². The zero-order valence-electron chi connectivity index (χ0n) is 12.3. The van der Waals surface area contributed by atoms with E-state index in [1.54, 1.807) is 18.2 Å². The van der Waals surface area contributed by atoms with E-state index in [0.717, 1.165) is 13.1 Å². The minimum atomic E-state index is -0.538. The Kier molecular flexibility index (Phi) is 6.14. The maximum absolute atomic E-state index is 10.1. The Morgan fingerprint density at radius 2 is 2.00 bits per heavy atom. The molecule has 1 saturated heterocycles. The normalized spacial score (nSPS) is 27.4. The maximum atomic E-state index is 10.1. The minimum Gasteiger partial charge on any atom is -0.489 e. The number of aliphatic hydroxyl groups excluding tert-OH is 1. The Labute approximate surface area is 135 Å². The van der Waals surface area contributed by atoms with Crippen LogP contribution in [-0.4, -0.2) is 49.7 Å². The molecule has 0 aliphatic carbocycles. The predicted octanol–water partition coefficient (Wildman–Crippen LogP) is 1.43. The number of nitrogens with one attached hydrogen (secondary N) is 1. The molecule has 2 N–H and O–H groups in total. The van der Waals surface area contributed by atoms with Crippen molar-refractivity contribution in [1.82, 2.24) is 0 Å². The third-order valence-corrected chi connectivity index (χ3v) is 4.00. The van der Waals surface area contributed by atoms with Gasteiger partial charge < -0.3 is 19.5 Å². The van der Waals surface area contributed by atoms with Crippen molar-refractivity contribution in [3.63, 3.8) is 0 Å². The van der Waals surface area contributed by atoms with E-state index in [0.29, 0.717) is 22.3 Å². The highest BCUT2D eigenvalue weighted by atomic mass is 35.5. The first-order chi connectivity index (χ1) is 9.94. The average molecular weight is 335 g/mol. The van der Waals surface area contributed by atoms with Gasteiger partial charge in [0.25, 0.3) is 0 Å². The molecule has 0 radical (unpaired) electrons. The Balaban J connectivity index is 1.80. The van der Waals surface area contributed by atoms with Gasteiger partial charge in [-0.1, -0.05) is 23.2 Å². The molecule has 1 aliphatic heterocycles. The maximum Gasteiger partial charge on any atom is 0.138 e. The molecule has 4 nitrogen and oxygen atoms in total. The first-order valence-corrected chi connectivity index (χ1v) is 7.94. The Hall–Kier alpha value is -0.520. The van der Waals surface area contributed by atoms with Gasteiger partial charge in [-0.3, -0.25) is 0 Å². The minimum absolute atomic E-state index is 0.217. The molecule has 1 fully saturated rings. The molecule has 0 amide bonds. The topological polar surface area (TPSA) is 43.1 Å². The van der Waals surface area contributed by atoms with Gasteiger partial charge in [-0.15, -0.1) is 0 Å². The fourth-order valence-electron chi connectivity index (χ4n) is 2.73. The molecule has 0 bridgehead atoms. The molecule has 1 heterocycles. The number of quaternary nitrogens is 1. The number of aliphatic hydroxyl groups is 1. The fourth-order valence-corrected chi connectivity index (χ4v) is 3.19. The molecular formula is C15H22Cl2NO3+. The second-order valence-corrected chi connectivity index (χ2v) is 6.50. The average Bonchev–Trinajstić information content (AvgIpc) is 2.36. The van der Waals surface area contributed by atoms with Crippen LogP contribution >= 0.6 is 23.2 Å². The number of ether oxygens (including phenoxy) is 2. The lowest BCUT2D eigenvalue weighted by Crippen LogP contribution is -3.16. The number of morpholine rings is 1. The summed E-state index contributed by atoms with van der Waals surface area (Å²) in [6.45, 7) is 6.79. The molecule has 1 aromatic rings. The van der Waals surface area contributed by atoms with E-state index in [9.17, 15) is 5.11 Å². The molecule has 0 saturated carbocycles. The van der Waals surface area contributed by atoms with E-state index in [4.69, 9.17) is 32.7 Å². The molecule has 1 aliphatic rings. The van der Waals surface area contributed by atoms with Crippen molar-refractivity contribution in [1.29, 1.82) is 0 Å². The quantitative estimate of drug-likeness (QED) is 0.856. The molecule has 0 spiro atoms. The monoisotopic (exact) mass is 334 g/mol. The molecule has 2 rings (SSSR count). The summed E-state index contributed by atoms with van der Waals surface area (Å²) in [4.78, 5) is 1.33. The predicted molar refractivity (Wildman–Crippen MR) is 83.5 cm³/mol. The molecule has 1 unspecified atom stereocenters. The zero-order valence-corrected chi connectivity index (χ0v) is 13.8. The van der Waals surface area contributed by atoms with Crippen LogP contribution in [0, 0.1) is 0 Å². The zero-order chi connectivity index (χ0) is 15.4. The highest BCUT2D eigenvalue weighted by Gasteiger charge is 2.27. The van der Waals surface area contributed by atoms with Crippen LogP contribution < -0.4 is 9.64 Å². The second-order valence-electron chi connectivity index (χ2n) is 5.66. The van der Waals surface area contributed by atoms with Crippen molar-refractivity contribution in [2.45, 2.75) is 32.2 Å². The van der Waals surface area contributed by atoms with Crippen LogP contribution in [0.1, 0.15) is 13.8 Å². The van der Waals surface area contributed by atoms with Crippen molar-refractivity contribution in [2.75, 3.05) is 26.2 Å². The standard InChI is InChI=1S/C15H21Cl2NO3/c1-10-6-18(7-11(2)21-10)8-13(19)9-20-15-4-3-12(16)5-14(15)17/h3-5,10-11,13,19H,6-9H2,1-2H3/p+1/t10-,11+,13-/m0/s1. The van der Waals surface area contributed by atoms with Gasteiger partial charge in [-0.2, -0.15) is 0 Å². The van der Waals surface area contributed by atoms with Crippen molar-refractivity contribution < 1.29 is 19.5 Å². The first-order valence-electron chi connectivity index (χ1n) is 7.19. The number of benzene rings is 1. The van der Waals surface area contributed by atoms with E-state index in [1.807, 2.05) is 0 Å². The first kappa shape index (κ1) is 16.8. The number of halogens is 2. The van der Waals surface area contributed by atoms with Gasteiger partial charge in [0.05, 0.1) is 5.02 Å². The lowest BCUT2D eigenvalue weighted by atomic mass is 10.2. The summed E-state index contributed by atoms with van der Waals surface area (Å²) in [7, 11) is 0. The lowest BCUT2D eigenvalue weighted by molar-refractivity contribution is -0.918. The third-order valence-electron chi connectivity index (χ3n) is 3.47. The Morgan fingerprint density at radius 1 is 1.33 bits per heavy atom. The fraction of sp³-hybridized carbons (Fsp3) is 0.600. The molecule has 6 heteroatoms. The van der Waals surface area contributed by atoms with E-state index in [1.165, 1.54) is 4.90 Å². The van der Waals surface area contributed by atoms with Gasteiger partial charge in [0.1, 0.15) is 50.3 Å². The molecule has 118 valence electrons. The van der Waals surface area contributed by atoms with E-state index in [-0.39, 0.29) is 18.8 Å². The van der Waals surface area contributed by atoms with E-state index < -0.39 is 6.10 Å². The highest BCUT2D eigenvalue weighted by molar-refractivity contribution is 6.35. The van der Waals surface area contributed by atoms with Crippen molar-refractivity contribution in [3.05, 3.63) is 28.2 Å². The van der Waals surface area contributed by atoms with Crippen LogP contribution in [0.25, 0.3) is 0 Å². The molecule has 4 atom stereocenters. The van der Waals surface area contributed by atoms with E-state index in [2.05, 4.69) is 13.8 Å². The Bertz CT molecular complexity index is 462. The summed E-state index contributed by atoms with van der Waals surface area (Å²) >= 11 is 11.9. The largest absolute Gasteiger partial charge is 0.489 e. The van der Waals surface area contributed by atoms with Crippen molar-refractivity contribution >= 4 is 23.2 Å². The van der Waals surface area contributed by atoms with Crippen LogP contribution in [0.5, 0.6) is 5.75 Å². The molecular weight excluding hydrogens is 313 g/mol. The third kappa shape index (κ3) is 5.31. The van der Waals surface area contributed by atoms with Crippen LogP contribution in [0.2, 0.25) is 10.0 Å². The van der Waals surface area contributed by atoms with Gasteiger partial charge in [0.2, 0.25) is 0 Å². The molecule has 21 heavy (non-hydrogen) atoms. The SMILES string of the molecule is C[C@@H]1C[NH+](C[C@H](O)COc2ccc(Cl)cc2Cl)C[C@H](C)O1. The van der Waals surface area contributed by atoms with Gasteiger partial charge in [0, 0.05) is 5.02 Å². The van der Waals surface area contributed by atoms with Crippen LogP contribution in [0.15, 0.2) is 18.2 Å². The Morgan fingerprint density at radius 3 is 2.62 bits per heavy atom. The van der Waals surface area contributed by atoms with Crippen LogP contribution in [-0.2, 0) is 4.74 Å². The second kappa shape index (κ2) is 7.65. The van der Waals surface area contributed by atoms with Crippen LogP contribution in [0.4, 0.5) is 0 Å². The van der Waals surface area contributed by atoms with Crippen molar-refractivity contribution in [2.24, 2.45) is 0 Å².